The topological polar surface area (TPSA) is 68.3 Å². The van der Waals surface area contributed by atoms with Gasteiger partial charge < -0.3 is 19.1 Å². The van der Waals surface area contributed by atoms with Gasteiger partial charge in [0.15, 0.2) is 0 Å². The first-order valence-electron chi connectivity index (χ1n) is 11.8. The van der Waals surface area contributed by atoms with E-state index in [9.17, 15) is 9.59 Å². The lowest BCUT2D eigenvalue weighted by atomic mass is 9.95. The van der Waals surface area contributed by atoms with Gasteiger partial charge in [0, 0.05) is 13.1 Å². The van der Waals surface area contributed by atoms with Crippen LogP contribution in [0, 0.1) is 0 Å². The van der Waals surface area contributed by atoms with Crippen LogP contribution in [0.2, 0.25) is 0 Å². The number of methoxy groups -OCH3 is 1. The number of ether oxygens (including phenoxy) is 3. The minimum atomic E-state index is -0.619. The van der Waals surface area contributed by atoms with E-state index in [0.29, 0.717) is 19.7 Å². The van der Waals surface area contributed by atoms with Crippen molar-refractivity contribution in [2.75, 3.05) is 20.3 Å². The summed E-state index contributed by atoms with van der Waals surface area (Å²) in [5.41, 5.74) is 1.42. The lowest BCUT2D eigenvalue weighted by Gasteiger charge is -2.45. The number of rotatable bonds is 7. The summed E-state index contributed by atoms with van der Waals surface area (Å²) >= 11 is 0. The zero-order valence-corrected chi connectivity index (χ0v) is 20.6. The van der Waals surface area contributed by atoms with Crippen LogP contribution in [0.25, 0.3) is 0 Å². The first-order valence-corrected chi connectivity index (χ1v) is 11.8. The minimum absolute atomic E-state index is 0.273. The molecule has 2 aromatic rings. The zero-order valence-electron chi connectivity index (χ0n) is 20.6. The summed E-state index contributed by atoms with van der Waals surface area (Å²) in [6.45, 7) is 7.18. The summed E-state index contributed by atoms with van der Waals surface area (Å²) in [5.74, 6) is 0. The third kappa shape index (κ3) is 7.22. The van der Waals surface area contributed by atoms with Crippen LogP contribution in [0.1, 0.15) is 44.7 Å². The van der Waals surface area contributed by atoms with E-state index in [1.807, 2.05) is 81.4 Å². The molecule has 7 heteroatoms. The number of hydrogen-bond donors (Lipinski definition) is 0. The van der Waals surface area contributed by atoms with Gasteiger partial charge in [-0.15, -0.1) is 0 Å². The molecule has 184 valence electrons. The van der Waals surface area contributed by atoms with E-state index in [1.54, 1.807) is 9.80 Å². The second kappa shape index (κ2) is 11.9. The Balaban J connectivity index is 1.85. The molecule has 0 aliphatic carbocycles. The van der Waals surface area contributed by atoms with E-state index < -0.39 is 17.8 Å². The predicted molar refractivity (Wildman–Crippen MR) is 130 cm³/mol. The van der Waals surface area contributed by atoms with Crippen LogP contribution < -0.4 is 0 Å². The quantitative estimate of drug-likeness (QED) is 0.556. The fourth-order valence-corrected chi connectivity index (χ4v) is 4.23. The Morgan fingerprint density at radius 2 is 1.62 bits per heavy atom. The third-order valence-corrected chi connectivity index (χ3v) is 5.78. The SMILES string of the molecule is COC(=O)N(Cc1ccccc1)[C@@H]1CCCN(C(=O)OC(C)(C)C)[C@@H]1COCc1ccccc1. The lowest BCUT2D eigenvalue weighted by molar-refractivity contribution is -0.0372. The van der Waals surface area contributed by atoms with Crippen molar-refractivity contribution in [2.45, 2.75) is 64.4 Å². The zero-order chi connectivity index (χ0) is 24.6. The molecule has 7 nitrogen and oxygen atoms in total. The van der Waals surface area contributed by atoms with Gasteiger partial charge in [-0.1, -0.05) is 60.7 Å². The number of piperidine rings is 1. The monoisotopic (exact) mass is 468 g/mol. The van der Waals surface area contributed by atoms with Crippen molar-refractivity contribution >= 4 is 12.2 Å². The average Bonchev–Trinajstić information content (AvgIpc) is 2.82. The Morgan fingerprint density at radius 1 is 1.00 bits per heavy atom. The molecule has 2 aromatic carbocycles. The third-order valence-electron chi connectivity index (χ3n) is 5.78. The summed E-state index contributed by atoms with van der Waals surface area (Å²) in [6, 6.07) is 19.0. The van der Waals surface area contributed by atoms with Crippen molar-refractivity contribution in [3.8, 4) is 0 Å². The molecule has 0 unspecified atom stereocenters. The van der Waals surface area contributed by atoms with Crippen molar-refractivity contribution in [3.05, 3.63) is 71.8 Å². The van der Waals surface area contributed by atoms with Crippen molar-refractivity contribution in [1.82, 2.24) is 9.80 Å². The maximum Gasteiger partial charge on any atom is 0.410 e. The molecule has 0 spiro atoms. The molecule has 1 aliphatic rings. The second-order valence-electron chi connectivity index (χ2n) is 9.53. The molecule has 1 saturated heterocycles. The Kier molecular flexibility index (Phi) is 8.93. The normalized spacial score (nSPS) is 18.3. The van der Waals surface area contributed by atoms with Crippen LogP contribution in [0.3, 0.4) is 0 Å². The van der Waals surface area contributed by atoms with E-state index in [1.165, 1.54) is 7.11 Å². The number of carbonyl (C=O) groups is 2. The van der Waals surface area contributed by atoms with E-state index >= 15 is 0 Å². The van der Waals surface area contributed by atoms with Gasteiger partial charge in [0.05, 0.1) is 32.4 Å². The van der Waals surface area contributed by atoms with Gasteiger partial charge in [0.1, 0.15) is 5.60 Å². The van der Waals surface area contributed by atoms with Gasteiger partial charge in [0.25, 0.3) is 0 Å². The Morgan fingerprint density at radius 3 is 2.21 bits per heavy atom. The summed E-state index contributed by atoms with van der Waals surface area (Å²) in [7, 11) is 1.38. The molecule has 3 rings (SSSR count). The van der Waals surface area contributed by atoms with Gasteiger partial charge in [-0.2, -0.15) is 0 Å². The molecule has 34 heavy (non-hydrogen) atoms. The summed E-state index contributed by atoms with van der Waals surface area (Å²) in [5, 5.41) is 0. The van der Waals surface area contributed by atoms with Gasteiger partial charge in [-0.05, 0) is 44.7 Å². The van der Waals surface area contributed by atoms with Crippen LogP contribution in [0.4, 0.5) is 9.59 Å². The van der Waals surface area contributed by atoms with E-state index in [-0.39, 0.29) is 18.7 Å². The standard InChI is InChI=1S/C27H36N2O5/c1-27(2,3)34-26(31)28-17-11-16-23(24(28)20-33-19-22-14-9-6-10-15-22)29(25(30)32-4)18-21-12-7-5-8-13-21/h5-10,12-15,23-24H,11,16-20H2,1-4H3/t23-,24-/m1/s1. The molecule has 1 fully saturated rings. The molecular weight excluding hydrogens is 432 g/mol. The van der Waals surface area contributed by atoms with E-state index in [0.717, 1.165) is 24.0 Å². The molecule has 0 radical (unpaired) electrons. The summed E-state index contributed by atoms with van der Waals surface area (Å²) in [4.78, 5) is 29.5. The van der Waals surface area contributed by atoms with Gasteiger partial charge >= 0.3 is 12.2 Å². The van der Waals surface area contributed by atoms with Crippen molar-refractivity contribution in [2.24, 2.45) is 0 Å². The van der Waals surface area contributed by atoms with E-state index in [2.05, 4.69) is 0 Å². The summed E-state index contributed by atoms with van der Waals surface area (Å²) < 4.78 is 16.9. The number of carbonyl (C=O) groups excluding carboxylic acids is 2. The molecule has 1 aliphatic heterocycles. The fraction of sp³-hybridized carbons (Fsp3) is 0.481. The molecule has 2 amide bonds. The molecule has 2 atom stereocenters. The Labute approximate surface area is 202 Å². The van der Waals surface area contributed by atoms with Gasteiger partial charge in [-0.3, -0.25) is 4.90 Å². The Bertz CT molecular complexity index is 914. The highest BCUT2D eigenvalue weighted by Gasteiger charge is 2.41. The average molecular weight is 469 g/mol. The molecule has 1 heterocycles. The predicted octanol–water partition coefficient (Wildman–Crippen LogP) is 5.24. The number of hydrogen-bond acceptors (Lipinski definition) is 5. The van der Waals surface area contributed by atoms with Crippen LogP contribution in [0.5, 0.6) is 0 Å². The maximum atomic E-state index is 13.1. The van der Waals surface area contributed by atoms with Crippen LogP contribution in [-0.2, 0) is 27.4 Å². The molecule has 0 saturated carbocycles. The maximum absolute atomic E-state index is 13.1. The largest absolute Gasteiger partial charge is 0.453 e. The van der Waals surface area contributed by atoms with Gasteiger partial charge in [0.2, 0.25) is 0 Å². The smallest absolute Gasteiger partial charge is 0.410 e. The van der Waals surface area contributed by atoms with Crippen LogP contribution in [-0.4, -0.2) is 59.9 Å². The van der Waals surface area contributed by atoms with Crippen LogP contribution in [0.15, 0.2) is 60.7 Å². The highest BCUT2D eigenvalue weighted by atomic mass is 16.6. The molecular formula is C27H36N2O5. The van der Waals surface area contributed by atoms with Crippen LogP contribution >= 0.6 is 0 Å². The van der Waals surface area contributed by atoms with E-state index in [4.69, 9.17) is 14.2 Å². The number of benzene rings is 2. The Hall–Kier alpha value is -3.06. The van der Waals surface area contributed by atoms with Crippen molar-refractivity contribution in [1.29, 1.82) is 0 Å². The van der Waals surface area contributed by atoms with Crippen molar-refractivity contribution in [3.63, 3.8) is 0 Å². The highest BCUT2D eigenvalue weighted by molar-refractivity contribution is 5.70. The molecule has 0 aromatic heterocycles. The van der Waals surface area contributed by atoms with Crippen molar-refractivity contribution < 1.29 is 23.8 Å². The fourth-order valence-electron chi connectivity index (χ4n) is 4.23. The minimum Gasteiger partial charge on any atom is -0.453 e. The first-order chi connectivity index (χ1) is 16.3. The second-order valence-corrected chi connectivity index (χ2v) is 9.53. The number of likely N-dealkylation sites (tertiary alicyclic amines) is 1. The number of nitrogens with zero attached hydrogens (tertiary/aromatic N) is 2. The molecule has 0 N–H and O–H groups in total. The summed E-state index contributed by atoms with van der Waals surface area (Å²) in [6.07, 6.45) is 0.671. The lowest BCUT2D eigenvalue weighted by Crippen LogP contribution is -2.60. The molecule has 0 bridgehead atoms. The highest BCUT2D eigenvalue weighted by Crippen LogP contribution is 2.27. The van der Waals surface area contributed by atoms with Gasteiger partial charge in [-0.25, -0.2) is 9.59 Å². The first kappa shape index (κ1) is 25.6. The number of amides is 2.